The lowest BCUT2D eigenvalue weighted by Crippen LogP contribution is -2.20. The molecule has 0 saturated carbocycles. The maximum absolute atomic E-state index is 10.5. The monoisotopic (exact) mass is 275 g/mol. The molecule has 1 aromatic carbocycles. The van der Waals surface area contributed by atoms with E-state index in [1.54, 1.807) is 12.1 Å². The molecule has 0 aliphatic rings. The van der Waals surface area contributed by atoms with Crippen molar-refractivity contribution in [1.29, 1.82) is 5.26 Å². The van der Waals surface area contributed by atoms with Crippen molar-refractivity contribution in [3.63, 3.8) is 0 Å². The van der Waals surface area contributed by atoms with Crippen LogP contribution in [0.15, 0.2) is 24.3 Å². The Labute approximate surface area is 119 Å². The number of rotatable bonds is 8. The highest BCUT2D eigenvalue weighted by Gasteiger charge is 2.15. The van der Waals surface area contributed by atoms with Crippen LogP contribution in [0, 0.1) is 26.9 Å². The van der Waals surface area contributed by atoms with Gasteiger partial charge in [0.15, 0.2) is 0 Å². The van der Waals surface area contributed by atoms with E-state index in [1.165, 1.54) is 12.1 Å². The number of nitriles is 1. The molecule has 1 rings (SSSR count). The van der Waals surface area contributed by atoms with E-state index in [0.29, 0.717) is 0 Å². The minimum absolute atomic E-state index is 0.125. The SMILES string of the molecule is CC(C)(C#N)CCCNCCc1ccc([N+](=O)[O-])cc1. The van der Waals surface area contributed by atoms with Gasteiger partial charge in [-0.1, -0.05) is 12.1 Å². The van der Waals surface area contributed by atoms with Crippen LogP contribution >= 0.6 is 0 Å². The van der Waals surface area contributed by atoms with Crippen LogP contribution in [0.5, 0.6) is 0 Å². The van der Waals surface area contributed by atoms with Crippen LogP contribution in [-0.2, 0) is 6.42 Å². The first-order valence-electron chi connectivity index (χ1n) is 6.80. The zero-order chi connectivity index (χ0) is 15.0. The minimum Gasteiger partial charge on any atom is -0.316 e. The van der Waals surface area contributed by atoms with Crippen molar-refractivity contribution >= 4 is 5.69 Å². The molecule has 0 radical (unpaired) electrons. The van der Waals surface area contributed by atoms with Crippen LogP contribution < -0.4 is 5.32 Å². The van der Waals surface area contributed by atoms with Gasteiger partial charge in [0.1, 0.15) is 0 Å². The summed E-state index contributed by atoms with van der Waals surface area (Å²) in [6.07, 6.45) is 2.70. The summed E-state index contributed by atoms with van der Waals surface area (Å²) in [6, 6.07) is 8.94. The summed E-state index contributed by atoms with van der Waals surface area (Å²) in [5, 5.41) is 22.7. The Morgan fingerprint density at radius 3 is 2.50 bits per heavy atom. The zero-order valence-electron chi connectivity index (χ0n) is 12.1. The number of nitrogens with zero attached hydrogens (tertiary/aromatic N) is 2. The van der Waals surface area contributed by atoms with Crippen LogP contribution in [0.4, 0.5) is 5.69 Å². The second-order valence-electron chi connectivity index (χ2n) is 5.52. The van der Waals surface area contributed by atoms with Crippen molar-refractivity contribution < 1.29 is 4.92 Å². The number of benzene rings is 1. The third-order valence-electron chi connectivity index (χ3n) is 3.20. The Balaban J connectivity index is 2.19. The van der Waals surface area contributed by atoms with Gasteiger partial charge in [-0.25, -0.2) is 0 Å². The van der Waals surface area contributed by atoms with Crippen molar-refractivity contribution in [1.82, 2.24) is 5.32 Å². The molecular weight excluding hydrogens is 254 g/mol. The quantitative estimate of drug-likeness (QED) is 0.449. The maximum Gasteiger partial charge on any atom is 0.269 e. The van der Waals surface area contributed by atoms with E-state index in [0.717, 1.165) is 37.9 Å². The number of nitrogens with one attached hydrogen (secondary N) is 1. The average Bonchev–Trinajstić information content (AvgIpc) is 2.43. The van der Waals surface area contributed by atoms with Gasteiger partial charge in [0.05, 0.1) is 16.4 Å². The van der Waals surface area contributed by atoms with Gasteiger partial charge in [-0.2, -0.15) is 5.26 Å². The average molecular weight is 275 g/mol. The second-order valence-corrected chi connectivity index (χ2v) is 5.52. The van der Waals surface area contributed by atoms with Crippen molar-refractivity contribution in [2.24, 2.45) is 5.41 Å². The Morgan fingerprint density at radius 2 is 1.95 bits per heavy atom. The molecule has 5 nitrogen and oxygen atoms in total. The molecule has 1 N–H and O–H groups in total. The predicted molar refractivity (Wildman–Crippen MR) is 78.3 cm³/mol. The summed E-state index contributed by atoms with van der Waals surface area (Å²) in [4.78, 5) is 10.1. The molecule has 0 amide bonds. The molecule has 108 valence electrons. The second kappa shape index (κ2) is 7.61. The number of hydrogen-bond acceptors (Lipinski definition) is 4. The van der Waals surface area contributed by atoms with Crippen LogP contribution in [0.25, 0.3) is 0 Å². The van der Waals surface area contributed by atoms with Gasteiger partial charge < -0.3 is 5.32 Å². The highest BCUT2D eigenvalue weighted by Crippen LogP contribution is 2.19. The molecule has 0 fully saturated rings. The molecule has 0 spiro atoms. The number of non-ortho nitro benzene ring substituents is 1. The molecule has 0 heterocycles. The van der Waals surface area contributed by atoms with Gasteiger partial charge in [-0.05, 0) is 51.8 Å². The Morgan fingerprint density at radius 1 is 1.30 bits per heavy atom. The van der Waals surface area contributed by atoms with Crippen molar-refractivity contribution in [3.8, 4) is 6.07 Å². The third-order valence-corrected chi connectivity index (χ3v) is 3.20. The summed E-state index contributed by atoms with van der Waals surface area (Å²) in [6.45, 7) is 5.62. The first-order valence-corrected chi connectivity index (χ1v) is 6.80. The molecule has 0 bridgehead atoms. The molecule has 0 saturated heterocycles. The number of nitro benzene ring substituents is 1. The summed E-state index contributed by atoms with van der Waals surface area (Å²) in [5.41, 5.74) is 0.959. The first-order chi connectivity index (χ1) is 9.44. The fraction of sp³-hybridized carbons (Fsp3) is 0.533. The van der Waals surface area contributed by atoms with Gasteiger partial charge >= 0.3 is 0 Å². The standard InChI is InChI=1S/C15H21N3O2/c1-15(2,12-16)9-3-10-17-11-8-13-4-6-14(7-5-13)18(19)20/h4-7,17H,3,8-11H2,1-2H3. The fourth-order valence-electron chi connectivity index (χ4n) is 1.85. The van der Waals surface area contributed by atoms with Crippen LogP contribution in [0.2, 0.25) is 0 Å². The summed E-state index contributed by atoms with van der Waals surface area (Å²) >= 11 is 0. The molecule has 0 unspecified atom stereocenters. The summed E-state index contributed by atoms with van der Waals surface area (Å²) in [5.74, 6) is 0. The normalized spacial score (nSPS) is 11.1. The zero-order valence-corrected chi connectivity index (χ0v) is 12.1. The van der Waals surface area contributed by atoms with E-state index in [9.17, 15) is 10.1 Å². The van der Waals surface area contributed by atoms with E-state index in [1.807, 2.05) is 13.8 Å². The largest absolute Gasteiger partial charge is 0.316 e. The fourth-order valence-corrected chi connectivity index (χ4v) is 1.85. The first kappa shape index (κ1) is 16.1. The van der Waals surface area contributed by atoms with Crippen molar-refractivity contribution in [2.45, 2.75) is 33.1 Å². The van der Waals surface area contributed by atoms with Crippen LogP contribution in [0.1, 0.15) is 32.3 Å². The van der Waals surface area contributed by atoms with E-state index < -0.39 is 0 Å². The molecule has 0 aromatic heterocycles. The van der Waals surface area contributed by atoms with Gasteiger partial charge in [-0.3, -0.25) is 10.1 Å². The topological polar surface area (TPSA) is 79.0 Å². The molecule has 0 aliphatic heterocycles. The van der Waals surface area contributed by atoms with E-state index >= 15 is 0 Å². The molecule has 0 aliphatic carbocycles. The Bertz CT molecular complexity index is 475. The molecule has 1 aromatic rings. The lowest BCUT2D eigenvalue weighted by Gasteiger charge is -2.14. The summed E-state index contributed by atoms with van der Waals surface area (Å²) in [7, 11) is 0. The Hall–Kier alpha value is -1.93. The highest BCUT2D eigenvalue weighted by atomic mass is 16.6. The lowest BCUT2D eigenvalue weighted by atomic mass is 9.90. The lowest BCUT2D eigenvalue weighted by molar-refractivity contribution is -0.384. The van der Waals surface area contributed by atoms with Crippen LogP contribution in [0.3, 0.4) is 0 Å². The molecular formula is C15H21N3O2. The molecule has 20 heavy (non-hydrogen) atoms. The molecule has 0 atom stereocenters. The Kier molecular flexibility index (Phi) is 6.13. The third kappa shape index (κ3) is 5.81. The predicted octanol–water partition coefficient (Wildman–Crippen LogP) is 3.06. The maximum atomic E-state index is 10.5. The smallest absolute Gasteiger partial charge is 0.269 e. The molecule has 5 heteroatoms. The number of hydrogen-bond donors (Lipinski definition) is 1. The number of nitro groups is 1. The van der Waals surface area contributed by atoms with Gasteiger partial charge in [0.2, 0.25) is 0 Å². The van der Waals surface area contributed by atoms with Gasteiger partial charge in [0, 0.05) is 12.1 Å². The minimum atomic E-state index is -0.390. The van der Waals surface area contributed by atoms with Crippen molar-refractivity contribution in [3.05, 3.63) is 39.9 Å². The summed E-state index contributed by atoms with van der Waals surface area (Å²) < 4.78 is 0. The van der Waals surface area contributed by atoms with Gasteiger partial charge in [-0.15, -0.1) is 0 Å². The highest BCUT2D eigenvalue weighted by molar-refractivity contribution is 5.32. The van der Waals surface area contributed by atoms with Crippen molar-refractivity contribution in [2.75, 3.05) is 13.1 Å². The van der Waals surface area contributed by atoms with E-state index in [-0.39, 0.29) is 16.0 Å². The van der Waals surface area contributed by atoms with Crippen LogP contribution in [-0.4, -0.2) is 18.0 Å². The van der Waals surface area contributed by atoms with Gasteiger partial charge in [0.25, 0.3) is 5.69 Å². The van der Waals surface area contributed by atoms with E-state index in [2.05, 4.69) is 11.4 Å². The van der Waals surface area contributed by atoms with E-state index in [4.69, 9.17) is 5.26 Å².